The third kappa shape index (κ3) is 3.03. The summed E-state index contributed by atoms with van der Waals surface area (Å²) in [5, 5.41) is 3.58. The van der Waals surface area contributed by atoms with E-state index in [4.69, 9.17) is 9.47 Å². The fourth-order valence-corrected chi connectivity index (χ4v) is 2.58. The molecule has 0 bridgehead atoms. The number of methoxy groups -OCH3 is 2. The Bertz CT molecular complexity index is 620. The lowest BCUT2D eigenvalue weighted by Gasteiger charge is -2.16. The van der Waals surface area contributed by atoms with Crippen LogP contribution in [0.4, 0.5) is 0 Å². The highest BCUT2D eigenvalue weighted by Gasteiger charge is 2.21. The summed E-state index contributed by atoms with van der Waals surface area (Å²) in [6.45, 7) is 0.890. The maximum absolute atomic E-state index is 5.57. The number of para-hydroxylation sites is 1. The Balaban J connectivity index is 1.99. The summed E-state index contributed by atoms with van der Waals surface area (Å²) in [6, 6.07) is 15.2. The van der Waals surface area contributed by atoms with Gasteiger partial charge in [0.15, 0.2) is 11.5 Å². The third-order valence-electron chi connectivity index (χ3n) is 3.87. The van der Waals surface area contributed by atoms with E-state index >= 15 is 0 Å². The van der Waals surface area contributed by atoms with Crippen molar-refractivity contribution >= 4 is 0 Å². The number of ether oxygens (including phenoxy) is 2. The lowest BCUT2D eigenvalue weighted by Crippen LogP contribution is -2.15. The largest absolute Gasteiger partial charge is 0.493 e. The molecule has 2 aromatic rings. The molecular weight excluding hydrogens is 262 g/mol. The number of hydrogen-bond acceptors (Lipinski definition) is 3. The molecule has 2 aromatic carbocycles. The molecule has 0 aromatic heterocycles. The highest BCUT2D eigenvalue weighted by molar-refractivity contribution is 5.76. The van der Waals surface area contributed by atoms with Crippen molar-refractivity contribution in [3.8, 4) is 22.6 Å². The first kappa shape index (κ1) is 14.0. The molecule has 21 heavy (non-hydrogen) atoms. The highest BCUT2D eigenvalue weighted by Crippen LogP contribution is 2.39. The van der Waals surface area contributed by atoms with Crippen LogP contribution in [0.5, 0.6) is 11.5 Å². The van der Waals surface area contributed by atoms with Crippen LogP contribution >= 0.6 is 0 Å². The van der Waals surface area contributed by atoms with Crippen molar-refractivity contribution < 1.29 is 9.47 Å². The summed E-state index contributed by atoms with van der Waals surface area (Å²) in [5.74, 6) is 1.55. The van der Waals surface area contributed by atoms with Gasteiger partial charge in [0.2, 0.25) is 0 Å². The van der Waals surface area contributed by atoms with Crippen LogP contribution < -0.4 is 14.8 Å². The van der Waals surface area contributed by atoms with Gasteiger partial charge in [0.1, 0.15) is 0 Å². The smallest absolute Gasteiger partial charge is 0.168 e. The zero-order valence-corrected chi connectivity index (χ0v) is 12.6. The summed E-state index contributed by atoms with van der Waals surface area (Å²) in [7, 11) is 3.36. The zero-order valence-electron chi connectivity index (χ0n) is 12.6. The average molecular weight is 283 g/mol. The first-order valence-corrected chi connectivity index (χ1v) is 7.36. The first-order valence-electron chi connectivity index (χ1n) is 7.36. The molecule has 1 aliphatic carbocycles. The summed E-state index contributed by atoms with van der Waals surface area (Å²) >= 11 is 0. The van der Waals surface area contributed by atoms with Gasteiger partial charge in [-0.2, -0.15) is 0 Å². The van der Waals surface area contributed by atoms with Gasteiger partial charge in [0, 0.05) is 18.2 Å². The van der Waals surface area contributed by atoms with Gasteiger partial charge in [-0.25, -0.2) is 0 Å². The third-order valence-corrected chi connectivity index (χ3v) is 3.87. The Morgan fingerprint density at radius 3 is 2.43 bits per heavy atom. The van der Waals surface area contributed by atoms with Crippen molar-refractivity contribution in [1.82, 2.24) is 5.32 Å². The van der Waals surface area contributed by atoms with E-state index in [-0.39, 0.29) is 0 Å². The molecule has 3 rings (SSSR count). The Morgan fingerprint density at radius 1 is 0.952 bits per heavy atom. The van der Waals surface area contributed by atoms with Gasteiger partial charge in [-0.1, -0.05) is 36.4 Å². The topological polar surface area (TPSA) is 30.5 Å². The van der Waals surface area contributed by atoms with E-state index in [9.17, 15) is 0 Å². The first-order chi connectivity index (χ1) is 10.3. The van der Waals surface area contributed by atoms with Crippen LogP contribution in [0.15, 0.2) is 42.5 Å². The minimum atomic E-state index is 0.699. The van der Waals surface area contributed by atoms with Crippen molar-refractivity contribution in [2.24, 2.45) is 0 Å². The molecule has 1 saturated carbocycles. The number of rotatable bonds is 6. The average Bonchev–Trinajstić information content (AvgIpc) is 3.36. The SMILES string of the molecule is COc1cccc(-c2ccccc2CNC2CC2)c1OC. The molecule has 0 unspecified atom stereocenters. The molecule has 0 saturated heterocycles. The van der Waals surface area contributed by atoms with Gasteiger partial charge in [0.05, 0.1) is 14.2 Å². The van der Waals surface area contributed by atoms with Gasteiger partial charge in [-0.3, -0.25) is 0 Å². The Kier molecular flexibility index (Phi) is 4.11. The minimum Gasteiger partial charge on any atom is -0.493 e. The molecule has 1 fully saturated rings. The summed E-state index contributed by atoms with van der Waals surface area (Å²) in [5.41, 5.74) is 3.56. The van der Waals surface area contributed by atoms with Crippen molar-refractivity contribution in [3.63, 3.8) is 0 Å². The van der Waals surface area contributed by atoms with E-state index in [0.29, 0.717) is 6.04 Å². The molecule has 110 valence electrons. The maximum atomic E-state index is 5.57. The number of hydrogen-bond donors (Lipinski definition) is 1. The maximum Gasteiger partial charge on any atom is 0.168 e. The standard InChI is InChI=1S/C18H21NO2/c1-20-17-9-5-8-16(18(17)21-2)15-7-4-3-6-13(15)12-19-14-10-11-14/h3-9,14,19H,10-12H2,1-2H3. The minimum absolute atomic E-state index is 0.699. The number of nitrogens with one attached hydrogen (secondary N) is 1. The second-order valence-corrected chi connectivity index (χ2v) is 5.35. The molecule has 0 radical (unpaired) electrons. The molecular formula is C18H21NO2. The summed E-state index contributed by atoms with van der Waals surface area (Å²) in [6.07, 6.45) is 2.59. The monoisotopic (exact) mass is 283 g/mol. The van der Waals surface area contributed by atoms with Gasteiger partial charge in [0.25, 0.3) is 0 Å². The molecule has 0 amide bonds. The molecule has 3 nitrogen and oxygen atoms in total. The molecule has 0 atom stereocenters. The van der Waals surface area contributed by atoms with E-state index in [2.05, 4.69) is 35.6 Å². The van der Waals surface area contributed by atoms with Crippen LogP contribution in [-0.2, 0) is 6.54 Å². The molecule has 1 aliphatic rings. The zero-order chi connectivity index (χ0) is 14.7. The van der Waals surface area contributed by atoms with Crippen LogP contribution in [0.25, 0.3) is 11.1 Å². The summed E-state index contributed by atoms with van der Waals surface area (Å²) in [4.78, 5) is 0. The lowest BCUT2D eigenvalue weighted by molar-refractivity contribution is 0.356. The van der Waals surface area contributed by atoms with E-state index in [0.717, 1.165) is 23.6 Å². The van der Waals surface area contributed by atoms with Crippen LogP contribution in [0, 0.1) is 0 Å². The van der Waals surface area contributed by atoms with Crippen molar-refractivity contribution in [2.75, 3.05) is 14.2 Å². The second-order valence-electron chi connectivity index (χ2n) is 5.35. The fourth-order valence-electron chi connectivity index (χ4n) is 2.58. The molecule has 0 heterocycles. The molecule has 1 N–H and O–H groups in total. The highest BCUT2D eigenvalue weighted by atomic mass is 16.5. The van der Waals surface area contributed by atoms with Gasteiger partial charge < -0.3 is 14.8 Å². The van der Waals surface area contributed by atoms with Crippen LogP contribution in [-0.4, -0.2) is 20.3 Å². The molecule has 0 aliphatic heterocycles. The normalized spacial score (nSPS) is 14.0. The predicted molar refractivity (Wildman–Crippen MR) is 84.8 cm³/mol. The fraction of sp³-hybridized carbons (Fsp3) is 0.333. The summed E-state index contributed by atoms with van der Waals surface area (Å²) < 4.78 is 11.0. The van der Waals surface area contributed by atoms with E-state index < -0.39 is 0 Å². The second kappa shape index (κ2) is 6.19. The van der Waals surface area contributed by atoms with E-state index in [1.807, 2.05) is 12.1 Å². The van der Waals surface area contributed by atoms with Crippen molar-refractivity contribution in [1.29, 1.82) is 0 Å². The van der Waals surface area contributed by atoms with Crippen molar-refractivity contribution in [2.45, 2.75) is 25.4 Å². The van der Waals surface area contributed by atoms with Crippen LogP contribution in [0.2, 0.25) is 0 Å². The Hall–Kier alpha value is -2.00. The molecule has 0 spiro atoms. The number of benzene rings is 2. The van der Waals surface area contributed by atoms with Gasteiger partial charge >= 0.3 is 0 Å². The Labute approximate surface area is 125 Å². The quantitative estimate of drug-likeness (QED) is 0.878. The van der Waals surface area contributed by atoms with Crippen LogP contribution in [0.1, 0.15) is 18.4 Å². The predicted octanol–water partition coefficient (Wildman–Crippen LogP) is 3.62. The lowest BCUT2D eigenvalue weighted by atomic mass is 9.98. The van der Waals surface area contributed by atoms with Gasteiger partial charge in [-0.05, 0) is 30.0 Å². The van der Waals surface area contributed by atoms with Gasteiger partial charge in [-0.15, -0.1) is 0 Å². The van der Waals surface area contributed by atoms with Crippen LogP contribution in [0.3, 0.4) is 0 Å². The molecule has 3 heteroatoms. The van der Waals surface area contributed by atoms with E-state index in [1.165, 1.54) is 24.0 Å². The Morgan fingerprint density at radius 2 is 1.71 bits per heavy atom. The van der Waals surface area contributed by atoms with Crippen molar-refractivity contribution in [3.05, 3.63) is 48.0 Å². The van der Waals surface area contributed by atoms with E-state index in [1.54, 1.807) is 14.2 Å².